The normalized spacial score (nSPS) is 12.2. The molecule has 3 rings (SSSR count). The number of hydrogen-bond donors (Lipinski definition) is 1. The number of benzene rings is 3. The van der Waals surface area contributed by atoms with Crippen molar-refractivity contribution < 1.29 is 0 Å². The monoisotopic (exact) mass is 389 g/mol. The van der Waals surface area contributed by atoms with Crippen molar-refractivity contribution in [2.45, 2.75) is 19.5 Å². The molecule has 0 saturated carbocycles. The highest BCUT2D eigenvalue weighted by Crippen LogP contribution is 2.35. The molecule has 0 saturated heterocycles. The molecule has 0 aliphatic rings. The van der Waals surface area contributed by atoms with E-state index in [4.69, 9.17) is 34.8 Å². The van der Waals surface area contributed by atoms with Crippen molar-refractivity contribution in [1.82, 2.24) is 5.32 Å². The average Bonchev–Trinajstić information content (AvgIpc) is 2.65. The minimum atomic E-state index is 0.0658. The fourth-order valence-electron chi connectivity index (χ4n) is 2.70. The van der Waals surface area contributed by atoms with Gasteiger partial charge in [-0.1, -0.05) is 95.5 Å². The molecule has 3 aromatic rings. The van der Waals surface area contributed by atoms with Crippen LogP contribution in [0.25, 0.3) is 11.1 Å². The second-order valence-electron chi connectivity index (χ2n) is 5.93. The van der Waals surface area contributed by atoms with Crippen molar-refractivity contribution in [3.63, 3.8) is 0 Å². The van der Waals surface area contributed by atoms with Crippen LogP contribution in [0.2, 0.25) is 15.1 Å². The molecule has 0 aliphatic heterocycles. The molecule has 3 aromatic carbocycles. The summed E-state index contributed by atoms with van der Waals surface area (Å²) >= 11 is 18.4. The van der Waals surface area contributed by atoms with E-state index in [2.05, 4.69) is 48.6 Å². The van der Waals surface area contributed by atoms with Crippen LogP contribution in [-0.2, 0) is 6.54 Å². The SMILES string of the molecule is CC(NCc1ccc(-c2ccccc2)cc1)c1ccc(Cl)c(Cl)c1Cl. The van der Waals surface area contributed by atoms with Gasteiger partial charge in [0.2, 0.25) is 0 Å². The molecular weight excluding hydrogens is 373 g/mol. The van der Waals surface area contributed by atoms with Crippen molar-refractivity contribution in [3.8, 4) is 11.1 Å². The van der Waals surface area contributed by atoms with Crippen LogP contribution in [0.4, 0.5) is 0 Å². The highest BCUT2D eigenvalue weighted by Gasteiger charge is 2.14. The maximum absolute atomic E-state index is 6.31. The Morgan fingerprint density at radius 2 is 1.40 bits per heavy atom. The average molecular weight is 391 g/mol. The summed E-state index contributed by atoms with van der Waals surface area (Å²) in [6.07, 6.45) is 0. The zero-order valence-corrected chi connectivity index (χ0v) is 16.0. The predicted molar refractivity (Wildman–Crippen MR) is 109 cm³/mol. The highest BCUT2D eigenvalue weighted by molar-refractivity contribution is 6.48. The van der Waals surface area contributed by atoms with Crippen LogP contribution in [0.5, 0.6) is 0 Å². The fraction of sp³-hybridized carbons (Fsp3) is 0.143. The summed E-state index contributed by atoms with van der Waals surface area (Å²) in [4.78, 5) is 0. The maximum atomic E-state index is 6.31. The van der Waals surface area contributed by atoms with Gasteiger partial charge in [0.15, 0.2) is 0 Å². The van der Waals surface area contributed by atoms with E-state index in [-0.39, 0.29) is 6.04 Å². The van der Waals surface area contributed by atoms with Crippen molar-refractivity contribution >= 4 is 34.8 Å². The van der Waals surface area contributed by atoms with E-state index in [0.29, 0.717) is 15.1 Å². The molecule has 0 bridgehead atoms. The van der Waals surface area contributed by atoms with Crippen LogP contribution >= 0.6 is 34.8 Å². The van der Waals surface area contributed by atoms with Gasteiger partial charge in [-0.05, 0) is 35.2 Å². The molecule has 1 N–H and O–H groups in total. The van der Waals surface area contributed by atoms with Crippen LogP contribution in [0.1, 0.15) is 24.1 Å². The topological polar surface area (TPSA) is 12.0 Å². The molecule has 0 amide bonds. The van der Waals surface area contributed by atoms with Crippen LogP contribution in [-0.4, -0.2) is 0 Å². The van der Waals surface area contributed by atoms with Gasteiger partial charge in [-0.3, -0.25) is 0 Å². The Balaban J connectivity index is 1.67. The van der Waals surface area contributed by atoms with Crippen LogP contribution in [0, 0.1) is 0 Å². The van der Waals surface area contributed by atoms with Gasteiger partial charge >= 0.3 is 0 Å². The van der Waals surface area contributed by atoms with Gasteiger partial charge in [-0.15, -0.1) is 0 Å². The lowest BCUT2D eigenvalue weighted by atomic mass is 10.0. The number of rotatable bonds is 5. The lowest BCUT2D eigenvalue weighted by Gasteiger charge is -2.17. The lowest BCUT2D eigenvalue weighted by molar-refractivity contribution is 0.575. The Labute approximate surface area is 163 Å². The molecular formula is C21H18Cl3N. The third-order valence-electron chi connectivity index (χ3n) is 4.20. The van der Waals surface area contributed by atoms with Gasteiger partial charge < -0.3 is 5.32 Å². The Kier molecular flexibility index (Phi) is 6.03. The molecule has 0 aliphatic carbocycles. The molecule has 0 radical (unpaired) electrons. The molecule has 0 spiro atoms. The lowest BCUT2D eigenvalue weighted by Crippen LogP contribution is -2.18. The number of nitrogens with one attached hydrogen (secondary N) is 1. The minimum Gasteiger partial charge on any atom is -0.306 e. The smallest absolute Gasteiger partial charge is 0.0781 e. The molecule has 128 valence electrons. The van der Waals surface area contributed by atoms with Crippen molar-refractivity contribution in [2.24, 2.45) is 0 Å². The van der Waals surface area contributed by atoms with Crippen molar-refractivity contribution in [2.75, 3.05) is 0 Å². The first-order valence-corrected chi connectivity index (χ1v) is 9.21. The molecule has 1 unspecified atom stereocenters. The van der Waals surface area contributed by atoms with Gasteiger partial charge in [0.1, 0.15) is 0 Å². The molecule has 4 heteroatoms. The van der Waals surface area contributed by atoms with E-state index in [9.17, 15) is 0 Å². The first-order chi connectivity index (χ1) is 12.1. The second kappa shape index (κ2) is 8.25. The molecule has 0 aromatic heterocycles. The van der Waals surface area contributed by atoms with E-state index >= 15 is 0 Å². The van der Waals surface area contributed by atoms with Crippen molar-refractivity contribution in [1.29, 1.82) is 0 Å². The summed E-state index contributed by atoms with van der Waals surface area (Å²) in [7, 11) is 0. The van der Waals surface area contributed by atoms with E-state index in [1.54, 1.807) is 6.07 Å². The molecule has 0 heterocycles. The predicted octanol–water partition coefficient (Wildman–Crippen LogP) is 7.16. The molecule has 1 atom stereocenters. The van der Waals surface area contributed by atoms with Gasteiger partial charge in [0.25, 0.3) is 0 Å². The van der Waals surface area contributed by atoms with Gasteiger partial charge in [-0.25, -0.2) is 0 Å². The third kappa shape index (κ3) is 4.37. The fourth-order valence-corrected chi connectivity index (χ4v) is 3.41. The molecule has 1 nitrogen and oxygen atoms in total. The maximum Gasteiger partial charge on any atom is 0.0781 e. The number of halogens is 3. The standard InChI is InChI=1S/C21H18Cl3N/c1-14(18-11-12-19(22)21(24)20(18)23)25-13-15-7-9-17(10-8-15)16-5-3-2-4-6-16/h2-12,14,25H,13H2,1H3. The van der Waals surface area contributed by atoms with E-state index < -0.39 is 0 Å². The first kappa shape index (κ1) is 18.3. The minimum absolute atomic E-state index is 0.0658. The quantitative estimate of drug-likeness (QED) is 0.455. The van der Waals surface area contributed by atoms with E-state index in [0.717, 1.165) is 12.1 Å². The van der Waals surface area contributed by atoms with Crippen LogP contribution in [0.15, 0.2) is 66.7 Å². The molecule has 25 heavy (non-hydrogen) atoms. The van der Waals surface area contributed by atoms with E-state index in [1.165, 1.54) is 16.7 Å². The summed E-state index contributed by atoms with van der Waals surface area (Å²) in [6.45, 7) is 2.80. The van der Waals surface area contributed by atoms with Gasteiger partial charge in [-0.2, -0.15) is 0 Å². The van der Waals surface area contributed by atoms with E-state index in [1.807, 2.05) is 24.3 Å². The summed E-state index contributed by atoms with van der Waals surface area (Å²) in [5.41, 5.74) is 4.59. The largest absolute Gasteiger partial charge is 0.306 e. The van der Waals surface area contributed by atoms with Gasteiger partial charge in [0.05, 0.1) is 15.1 Å². The summed E-state index contributed by atoms with van der Waals surface area (Å²) < 4.78 is 0. The Morgan fingerprint density at radius 3 is 2.08 bits per heavy atom. The summed E-state index contributed by atoms with van der Waals surface area (Å²) in [5, 5.41) is 4.86. The Hall–Kier alpha value is -1.51. The summed E-state index contributed by atoms with van der Waals surface area (Å²) in [6, 6.07) is 22.7. The van der Waals surface area contributed by atoms with Crippen molar-refractivity contribution in [3.05, 3.63) is 92.9 Å². The number of hydrogen-bond acceptors (Lipinski definition) is 1. The second-order valence-corrected chi connectivity index (χ2v) is 7.09. The van der Waals surface area contributed by atoms with Crippen LogP contribution in [0.3, 0.4) is 0 Å². The molecule has 0 fully saturated rings. The first-order valence-electron chi connectivity index (χ1n) is 8.07. The zero-order valence-electron chi connectivity index (χ0n) is 13.8. The zero-order chi connectivity index (χ0) is 17.8. The summed E-state index contributed by atoms with van der Waals surface area (Å²) in [5.74, 6) is 0. The Morgan fingerprint density at radius 1 is 0.760 bits per heavy atom. The van der Waals surface area contributed by atoms with Crippen LogP contribution < -0.4 is 5.32 Å². The van der Waals surface area contributed by atoms with Gasteiger partial charge in [0, 0.05) is 12.6 Å². The Bertz CT molecular complexity index is 845. The highest BCUT2D eigenvalue weighted by atomic mass is 35.5. The third-order valence-corrected chi connectivity index (χ3v) is 5.51.